The molecule has 1 heterocycles. The van der Waals surface area contributed by atoms with Crippen molar-refractivity contribution in [3.05, 3.63) is 35.6 Å². The summed E-state index contributed by atoms with van der Waals surface area (Å²) in [5.41, 5.74) is 0.812. The number of benzene rings is 1. The van der Waals surface area contributed by atoms with Crippen molar-refractivity contribution in [2.45, 2.75) is 31.2 Å². The topological polar surface area (TPSA) is 23.5 Å². The van der Waals surface area contributed by atoms with E-state index in [1.807, 2.05) is 0 Å². The van der Waals surface area contributed by atoms with Crippen LogP contribution in [0, 0.1) is 23.6 Å². The van der Waals surface area contributed by atoms with Crippen molar-refractivity contribution < 1.29 is 9.50 Å². The Morgan fingerprint density at radius 2 is 2.15 bits per heavy atom. The van der Waals surface area contributed by atoms with Gasteiger partial charge in [-0.3, -0.25) is 4.90 Å². The van der Waals surface area contributed by atoms with E-state index in [2.05, 4.69) is 16.7 Å². The summed E-state index contributed by atoms with van der Waals surface area (Å²) < 4.78 is 12.8. The molecule has 0 spiro atoms. The SMILES string of the molecule is OCC12CCCC(CN1CC#Cc1ccc(F)cc1)C2. The molecule has 0 amide bonds. The van der Waals surface area contributed by atoms with E-state index < -0.39 is 0 Å². The van der Waals surface area contributed by atoms with Gasteiger partial charge < -0.3 is 5.11 Å². The number of rotatable bonds is 2. The second kappa shape index (κ2) is 5.55. The Morgan fingerprint density at radius 1 is 1.35 bits per heavy atom. The predicted octanol–water partition coefficient (Wildman–Crippen LogP) is 2.41. The summed E-state index contributed by atoms with van der Waals surface area (Å²) >= 11 is 0. The molecular formula is C17H20FNO. The fourth-order valence-electron chi connectivity index (χ4n) is 3.66. The Kier molecular flexibility index (Phi) is 3.78. The minimum atomic E-state index is -0.233. The van der Waals surface area contributed by atoms with Gasteiger partial charge in [0.15, 0.2) is 0 Å². The number of likely N-dealkylation sites (tertiary alicyclic amines) is 1. The summed E-state index contributed by atoms with van der Waals surface area (Å²) in [6.07, 6.45) is 4.69. The van der Waals surface area contributed by atoms with Gasteiger partial charge in [0.05, 0.1) is 13.2 Å². The van der Waals surface area contributed by atoms with Crippen molar-refractivity contribution >= 4 is 0 Å². The number of aliphatic hydroxyl groups excluding tert-OH is 1. The highest BCUT2D eigenvalue weighted by Crippen LogP contribution is 2.43. The third-order valence-electron chi connectivity index (χ3n) is 4.71. The van der Waals surface area contributed by atoms with E-state index in [-0.39, 0.29) is 18.0 Å². The number of hydrogen-bond acceptors (Lipinski definition) is 2. The van der Waals surface area contributed by atoms with Crippen LogP contribution in [0.25, 0.3) is 0 Å². The molecule has 1 saturated carbocycles. The summed E-state index contributed by atoms with van der Waals surface area (Å²) in [6.45, 7) is 1.98. The van der Waals surface area contributed by atoms with E-state index in [9.17, 15) is 9.50 Å². The first-order valence-electron chi connectivity index (χ1n) is 7.32. The van der Waals surface area contributed by atoms with Crippen LogP contribution in [0.2, 0.25) is 0 Å². The monoisotopic (exact) mass is 273 g/mol. The normalized spacial score (nSPS) is 29.0. The summed E-state index contributed by atoms with van der Waals surface area (Å²) in [4.78, 5) is 2.35. The van der Waals surface area contributed by atoms with Crippen LogP contribution in [0.1, 0.15) is 31.2 Å². The summed E-state index contributed by atoms with van der Waals surface area (Å²) in [6, 6.07) is 6.27. The van der Waals surface area contributed by atoms with Gasteiger partial charge in [-0.15, -0.1) is 0 Å². The van der Waals surface area contributed by atoms with E-state index in [1.54, 1.807) is 12.1 Å². The lowest BCUT2D eigenvalue weighted by Gasteiger charge is -2.37. The Balaban J connectivity index is 1.68. The molecule has 3 heteroatoms. The van der Waals surface area contributed by atoms with Crippen molar-refractivity contribution in [1.29, 1.82) is 0 Å². The van der Waals surface area contributed by atoms with Gasteiger partial charge in [-0.05, 0) is 49.4 Å². The quantitative estimate of drug-likeness (QED) is 0.837. The maximum absolute atomic E-state index is 12.8. The zero-order valence-electron chi connectivity index (χ0n) is 11.6. The molecule has 3 rings (SSSR count). The average Bonchev–Trinajstić information content (AvgIpc) is 2.72. The lowest BCUT2D eigenvalue weighted by molar-refractivity contribution is 0.0613. The lowest BCUT2D eigenvalue weighted by Crippen LogP contribution is -2.47. The molecule has 2 nitrogen and oxygen atoms in total. The minimum absolute atomic E-state index is 0.0274. The van der Waals surface area contributed by atoms with Gasteiger partial charge in [0.25, 0.3) is 0 Å². The maximum atomic E-state index is 12.8. The molecule has 2 unspecified atom stereocenters. The average molecular weight is 273 g/mol. The fraction of sp³-hybridized carbons (Fsp3) is 0.529. The molecule has 1 N–H and O–H groups in total. The van der Waals surface area contributed by atoms with Gasteiger partial charge in [-0.1, -0.05) is 18.3 Å². The van der Waals surface area contributed by atoms with Gasteiger partial charge in [-0.25, -0.2) is 4.39 Å². The second-order valence-corrected chi connectivity index (χ2v) is 6.03. The van der Waals surface area contributed by atoms with Crippen molar-refractivity contribution in [2.75, 3.05) is 19.7 Å². The van der Waals surface area contributed by atoms with E-state index >= 15 is 0 Å². The number of halogens is 1. The first kappa shape index (κ1) is 13.6. The van der Waals surface area contributed by atoms with Crippen molar-refractivity contribution in [3.63, 3.8) is 0 Å². The van der Waals surface area contributed by atoms with Crippen molar-refractivity contribution in [2.24, 2.45) is 5.92 Å². The van der Waals surface area contributed by atoms with E-state index in [1.165, 1.54) is 25.0 Å². The molecule has 2 atom stereocenters. The number of fused-ring (bicyclic) bond motifs is 2. The molecule has 1 aromatic rings. The third kappa shape index (κ3) is 2.59. The van der Waals surface area contributed by atoms with Crippen LogP contribution in [0.15, 0.2) is 24.3 Å². The molecular weight excluding hydrogens is 253 g/mol. The van der Waals surface area contributed by atoms with Crippen LogP contribution >= 0.6 is 0 Å². The zero-order chi connectivity index (χ0) is 14.0. The molecule has 2 bridgehead atoms. The number of hydrogen-bond donors (Lipinski definition) is 1. The van der Waals surface area contributed by atoms with E-state index in [0.29, 0.717) is 6.54 Å². The first-order chi connectivity index (χ1) is 9.72. The highest BCUT2D eigenvalue weighted by Gasteiger charge is 2.46. The highest BCUT2D eigenvalue weighted by atomic mass is 19.1. The maximum Gasteiger partial charge on any atom is 0.123 e. The standard InChI is InChI=1S/C17H20FNO/c18-16-7-5-14(6-8-16)4-2-10-19-12-15-3-1-9-17(19,11-15)13-20/h5-8,15,20H,1,3,9-13H2. The van der Waals surface area contributed by atoms with Crippen LogP contribution in [0.3, 0.4) is 0 Å². The van der Waals surface area contributed by atoms with Gasteiger partial charge in [0.2, 0.25) is 0 Å². The van der Waals surface area contributed by atoms with Crippen LogP contribution < -0.4 is 0 Å². The number of nitrogens with zero attached hydrogens (tertiary/aromatic N) is 1. The fourth-order valence-corrected chi connectivity index (χ4v) is 3.66. The van der Waals surface area contributed by atoms with E-state index in [4.69, 9.17) is 0 Å². The third-order valence-corrected chi connectivity index (χ3v) is 4.71. The molecule has 1 aliphatic carbocycles. The van der Waals surface area contributed by atoms with Crippen LogP contribution in [-0.2, 0) is 0 Å². The predicted molar refractivity (Wildman–Crippen MR) is 76.6 cm³/mol. The molecule has 1 saturated heterocycles. The Hall–Kier alpha value is -1.37. The number of aliphatic hydroxyl groups is 1. The van der Waals surface area contributed by atoms with Crippen LogP contribution in [0.5, 0.6) is 0 Å². The van der Waals surface area contributed by atoms with Crippen molar-refractivity contribution in [1.82, 2.24) is 4.90 Å². The van der Waals surface area contributed by atoms with Gasteiger partial charge in [0.1, 0.15) is 5.82 Å². The van der Waals surface area contributed by atoms with Crippen LogP contribution in [-0.4, -0.2) is 35.2 Å². The zero-order valence-corrected chi connectivity index (χ0v) is 11.6. The van der Waals surface area contributed by atoms with Crippen molar-refractivity contribution in [3.8, 4) is 11.8 Å². The summed E-state index contributed by atoms with van der Waals surface area (Å²) in [7, 11) is 0. The molecule has 1 aromatic carbocycles. The Labute approximate surface area is 119 Å². The molecule has 2 fully saturated rings. The molecule has 20 heavy (non-hydrogen) atoms. The molecule has 0 radical (unpaired) electrons. The molecule has 1 aliphatic heterocycles. The largest absolute Gasteiger partial charge is 0.394 e. The molecule has 0 aromatic heterocycles. The van der Waals surface area contributed by atoms with E-state index in [0.717, 1.165) is 30.9 Å². The van der Waals surface area contributed by atoms with Crippen LogP contribution in [0.4, 0.5) is 4.39 Å². The summed E-state index contributed by atoms with van der Waals surface area (Å²) in [5.74, 6) is 6.75. The smallest absolute Gasteiger partial charge is 0.123 e. The van der Waals surface area contributed by atoms with Gasteiger partial charge in [0, 0.05) is 17.6 Å². The Bertz CT molecular complexity index is 530. The Morgan fingerprint density at radius 3 is 2.90 bits per heavy atom. The summed E-state index contributed by atoms with van der Waals surface area (Å²) in [5, 5.41) is 9.75. The van der Waals surface area contributed by atoms with Gasteiger partial charge in [-0.2, -0.15) is 0 Å². The highest BCUT2D eigenvalue weighted by molar-refractivity contribution is 5.34. The molecule has 2 aliphatic rings. The lowest BCUT2D eigenvalue weighted by atomic mass is 9.80. The van der Waals surface area contributed by atoms with Gasteiger partial charge >= 0.3 is 0 Å². The first-order valence-corrected chi connectivity index (χ1v) is 7.32. The molecule has 106 valence electrons. The minimum Gasteiger partial charge on any atom is -0.394 e. The second-order valence-electron chi connectivity index (χ2n) is 6.03.